The minimum atomic E-state index is 0.428. The second-order valence-corrected chi connectivity index (χ2v) is 4.44. The van der Waals surface area contributed by atoms with Crippen LogP contribution in [0.4, 0.5) is 0 Å². The van der Waals surface area contributed by atoms with Crippen molar-refractivity contribution in [3.8, 4) is 0 Å². The summed E-state index contributed by atoms with van der Waals surface area (Å²) in [7, 11) is 0. The second-order valence-electron chi connectivity index (χ2n) is 4.44. The smallest absolute Gasteiger partial charge is 0.0702 e. The maximum Gasteiger partial charge on any atom is 0.0702 e. The van der Waals surface area contributed by atoms with Crippen molar-refractivity contribution in [2.45, 2.75) is 31.4 Å². The monoisotopic (exact) mass is 214 g/mol. The molecule has 0 aromatic rings. The molecule has 2 saturated heterocycles. The Morgan fingerprint density at radius 2 is 2.20 bits per heavy atom. The number of nitrogens with two attached hydrogens (primary N) is 1. The van der Waals surface area contributed by atoms with Crippen LogP contribution < -0.4 is 5.73 Å². The van der Waals surface area contributed by atoms with Crippen molar-refractivity contribution < 1.29 is 9.47 Å². The summed E-state index contributed by atoms with van der Waals surface area (Å²) in [5.74, 6) is 0. The highest BCUT2D eigenvalue weighted by molar-refractivity contribution is 4.79. The maximum atomic E-state index is 5.67. The predicted molar refractivity (Wildman–Crippen MR) is 58.8 cm³/mol. The first-order chi connectivity index (χ1) is 7.40. The minimum Gasteiger partial charge on any atom is -0.380 e. The lowest BCUT2D eigenvalue weighted by molar-refractivity contribution is 0.0543. The molecule has 2 atom stereocenters. The Labute approximate surface area is 91.7 Å². The molecule has 0 amide bonds. The highest BCUT2D eigenvalue weighted by atomic mass is 16.5. The Morgan fingerprint density at radius 1 is 1.27 bits per heavy atom. The average molecular weight is 214 g/mol. The summed E-state index contributed by atoms with van der Waals surface area (Å²) in [4.78, 5) is 2.45. The molecule has 88 valence electrons. The van der Waals surface area contributed by atoms with Crippen molar-refractivity contribution in [2.24, 2.45) is 5.73 Å². The van der Waals surface area contributed by atoms with E-state index >= 15 is 0 Å². The van der Waals surface area contributed by atoms with Crippen LogP contribution in [0.1, 0.15) is 19.3 Å². The van der Waals surface area contributed by atoms with Gasteiger partial charge < -0.3 is 15.2 Å². The Kier molecular flexibility index (Phi) is 4.38. The lowest BCUT2D eigenvalue weighted by Gasteiger charge is -2.29. The van der Waals surface area contributed by atoms with Gasteiger partial charge in [0.15, 0.2) is 0 Å². The summed E-state index contributed by atoms with van der Waals surface area (Å²) >= 11 is 0. The van der Waals surface area contributed by atoms with E-state index in [0.29, 0.717) is 12.1 Å². The average Bonchev–Trinajstić information content (AvgIpc) is 2.89. The van der Waals surface area contributed by atoms with E-state index < -0.39 is 0 Å². The molecule has 15 heavy (non-hydrogen) atoms. The first kappa shape index (κ1) is 11.3. The van der Waals surface area contributed by atoms with Gasteiger partial charge >= 0.3 is 0 Å². The summed E-state index contributed by atoms with van der Waals surface area (Å²) in [6, 6.07) is 0.567. The van der Waals surface area contributed by atoms with Crippen LogP contribution in [0.5, 0.6) is 0 Å². The SMILES string of the molecule is NCCN(CC1CCCO1)C1CCOC1. The molecule has 2 N–H and O–H groups in total. The summed E-state index contributed by atoms with van der Waals surface area (Å²) < 4.78 is 11.1. The topological polar surface area (TPSA) is 47.7 Å². The largest absolute Gasteiger partial charge is 0.380 e. The molecular formula is C11H22N2O2. The standard InChI is InChI=1S/C11H22N2O2/c12-4-5-13(10-3-7-14-9-10)8-11-2-1-6-15-11/h10-11H,1-9,12H2. The summed E-state index contributed by atoms with van der Waals surface area (Å²) in [5.41, 5.74) is 5.65. The van der Waals surface area contributed by atoms with Gasteiger partial charge in [-0.1, -0.05) is 0 Å². The van der Waals surface area contributed by atoms with Crippen LogP contribution >= 0.6 is 0 Å². The van der Waals surface area contributed by atoms with Crippen LogP contribution in [-0.4, -0.2) is 56.5 Å². The second kappa shape index (κ2) is 5.80. The number of rotatable bonds is 5. The molecule has 2 fully saturated rings. The quantitative estimate of drug-likeness (QED) is 0.711. The maximum absolute atomic E-state index is 5.67. The molecular weight excluding hydrogens is 192 g/mol. The molecule has 0 saturated carbocycles. The Hall–Kier alpha value is -0.160. The van der Waals surface area contributed by atoms with Crippen molar-refractivity contribution in [3.05, 3.63) is 0 Å². The van der Waals surface area contributed by atoms with Gasteiger partial charge in [0.1, 0.15) is 0 Å². The molecule has 0 bridgehead atoms. The van der Waals surface area contributed by atoms with Crippen LogP contribution in [0.2, 0.25) is 0 Å². The van der Waals surface area contributed by atoms with Crippen molar-refractivity contribution >= 4 is 0 Å². The van der Waals surface area contributed by atoms with E-state index in [1.165, 1.54) is 12.8 Å². The number of nitrogens with zero attached hydrogens (tertiary/aromatic N) is 1. The number of hydrogen-bond donors (Lipinski definition) is 1. The highest BCUT2D eigenvalue weighted by Gasteiger charge is 2.26. The molecule has 2 unspecified atom stereocenters. The van der Waals surface area contributed by atoms with E-state index in [-0.39, 0.29) is 0 Å². The molecule has 4 heteroatoms. The summed E-state index contributed by atoms with van der Waals surface area (Å²) in [6.07, 6.45) is 3.99. The van der Waals surface area contributed by atoms with E-state index in [2.05, 4.69) is 4.90 Å². The molecule has 0 aliphatic carbocycles. The molecule has 2 rings (SSSR count). The highest BCUT2D eigenvalue weighted by Crippen LogP contribution is 2.17. The van der Waals surface area contributed by atoms with Crippen molar-refractivity contribution in [1.29, 1.82) is 0 Å². The van der Waals surface area contributed by atoms with E-state index in [1.54, 1.807) is 0 Å². The van der Waals surface area contributed by atoms with Crippen LogP contribution in [0.3, 0.4) is 0 Å². The molecule has 2 heterocycles. The molecule has 2 aliphatic heterocycles. The fraction of sp³-hybridized carbons (Fsp3) is 1.00. The fourth-order valence-electron chi connectivity index (χ4n) is 2.45. The normalized spacial score (nSPS) is 31.6. The molecule has 0 aromatic heterocycles. The lowest BCUT2D eigenvalue weighted by Crippen LogP contribution is -2.43. The Balaban J connectivity index is 1.81. The molecule has 0 aromatic carbocycles. The van der Waals surface area contributed by atoms with Crippen LogP contribution in [-0.2, 0) is 9.47 Å². The van der Waals surface area contributed by atoms with Gasteiger partial charge in [-0.3, -0.25) is 4.90 Å². The molecule has 4 nitrogen and oxygen atoms in total. The zero-order valence-corrected chi connectivity index (χ0v) is 9.36. The fourth-order valence-corrected chi connectivity index (χ4v) is 2.45. The molecule has 0 radical (unpaired) electrons. The molecule has 0 spiro atoms. The van der Waals surface area contributed by atoms with Gasteiger partial charge in [0.2, 0.25) is 0 Å². The Bertz CT molecular complexity index is 177. The third kappa shape index (κ3) is 3.14. The van der Waals surface area contributed by atoms with E-state index in [0.717, 1.165) is 45.9 Å². The van der Waals surface area contributed by atoms with Crippen LogP contribution in [0.25, 0.3) is 0 Å². The van der Waals surface area contributed by atoms with Crippen molar-refractivity contribution in [3.63, 3.8) is 0 Å². The van der Waals surface area contributed by atoms with Crippen molar-refractivity contribution in [2.75, 3.05) is 39.5 Å². The van der Waals surface area contributed by atoms with Gasteiger partial charge in [-0.2, -0.15) is 0 Å². The minimum absolute atomic E-state index is 0.428. The lowest BCUT2D eigenvalue weighted by atomic mass is 10.1. The van der Waals surface area contributed by atoms with Gasteiger partial charge in [-0.15, -0.1) is 0 Å². The van der Waals surface area contributed by atoms with E-state index in [9.17, 15) is 0 Å². The van der Waals surface area contributed by atoms with Gasteiger partial charge in [0.05, 0.1) is 12.7 Å². The molecule has 2 aliphatic rings. The summed E-state index contributed by atoms with van der Waals surface area (Å²) in [6.45, 7) is 5.43. The zero-order valence-electron chi connectivity index (χ0n) is 9.36. The van der Waals surface area contributed by atoms with Crippen molar-refractivity contribution in [1.82, 2.24) is 4.90 Å². The number of ether oxygens (including phenoxy) is 2. The number of hydrogen-bond acceptors (Lipinski definition) is 4. The van der Waals surface area contributed by atoms with Crippen LogP contribution in [0.15, 0.2) is 0 Å². The predicted octanol–water partition coefficient (Wildman–Crippen LogP) is 0.215. The van der Waals surface area contributed by atoms with E-state index in [4.69, 9.17) is 15.2 Å². The Morgan fingerprint density at radius 3 is 2.80 bits per heavy atom. The van der Waals surface area contributed by atoms with Gasteiger partial charge in [0, 0.05) is 38.9 Å². The van der Waals surface area contributed by atoms with Crippen LogP contribution in [0, 0.1) is 0 Å². The van der Waals surface area contributed by atoms with Gasteiger partial charge in [-0.05, 0) is 19.3 Å². The first-order valence-corrected chi connectivity index (χ1v) is 6.03. The van der Waals surface area contributed by atoms with E-state index in [1.807, 2.05) is 0 Å². The summed E-state index contributed by atoms with van der Waals surface area (Å²) in [5, 5.41) is 0. The first-order valence-electron chi connectivity index (χ1n) is 6.03. The van der Waals surface area contributed by atoms with Gasteiger partial charge in [-0.25, -0.2) is 0 Å². The zero-order chi connectivity index (χ0) is 10.5. The van der Waals surface area contributed by atoms with Gasteiger partial charge in [0.25, 0.3) is 0 Å². The third-order valence-corrected chi connectivity index (χ3v) is 3.30. The third-order valence-electron chi connectivity index (χ3n) is 3.30.